The van der Waals surface area contributed by atoms with E-state index >= 15 is 0 Å². The van der Waals surface area contributed by atoms with Crippen LogP contribution in [0.5, 0.6) is 5.75 Å². The highest BCUT2D eigenvalue weighted by molar-refractivity contribution is 5.76. The summed E-state index contributed by atoms with van der Waals surface area (Å²) in [5.41, 5.74) is -0.829. The van der Waals surface area contributed by atoms with Crippen molar-refractivity contribution in [3.63, 3.8) is 0 Å². The summed E-state index contributed by atoms with van der Waals surface area (Å²) in [4.78, 5) is 24.2. The molecule has 2 rings (SSSR count). The lowest BCUT2D eigenvalue weighted by atomic mass is 9.96. The van der Waals surface area contributed by atoms with Crippen molar-refractivity contribution in [1.82, 2.24) is 9.88 Å². The van der Waals surface area contributed by atoms with Gasteiger partial charge in [0.2, 0.25) is 5.91 Å². The third kappa shape index (κ3) is 5.35. The molecule has 0 aliphatic carbocycles. The van der Waals surface area contributed by atoms with E-state index in [0.29, 0.717) is 18.0 Å². The van der Waals surface area contributed by atoms with E-state index in [0.717, 1.165) is 16.2 Å². The molecule has 0 spiro atoms. The summed E-state index contributed by atoms with van der Waals surface area (Å²) in [6.45, 7) is 3.32. The standard InChI is InChI=1S/C19H21F3N2O3/c1-12(2)18(13-4-7-15(27-3)8-5-13)23-16(25)11-24-10-14(19(20,21)22)6-9-17(24)26/h4-10,12,18H,11H2,1-3H3,(H,23,25). The maximum absolute atomic E-state index is 12.8. The second-order valence-electron chi connectivity index (χ2n) is 6.44. The molecular weight excluding hydrogens is 361 g/mol. The van der Waals surface area contributed by atoms with E-state index in [9.17, 15) is 22.8 Å². The number of alkyl halides is 3. The first-order valence-electron chi connectivity index (χ1n) is 8.33. The van der Waals surface area contributed by atoms with Crippen LogP contribution in [-0.4, -0.2) is 17.6 Å². The maximum atomic E-state index is 12.8. The number of rotatable bonds is 6. The van der Waals surface area contributed by atoms with Crippen molar-refractivity contribution in [2.24, 2.45) is 5.92 Å². The zero-order chi connectivity index (χ0) is 20.2. The van der Waals surface area contributed by atoms with E-state index in [1.165, 1.54) is 0 Å². The number of amides is 1. The normalized spacial score (nSPS) is 12.7. The van der Waals surface area contributed by atoms with Gasteiger partial charge in [-0.3, -0.25) is 9.59 Å². The molecule has 2 aromatic rings. The van der Waals surface area contributed by atoms with Gasteiger partial charge < -0.3 is 14.6 Å². The van der Waals surface area contributed by atoms with Crippen molar-refractivity contribution in [3.8, 4) is 5.75 Å². The molecule has 5 nitrogen and oxygen atoms in total. The van der Waals surface area contributed by atoms with Gasteiger partial charge in [-0.25, -0.2) is 0 Å². The molecule has 0 saturated carbocycles. The van der Waals surface area contributed by atoms with Crippen molar-refractivity contribution in [2.45, 2.75) is 32.6 Å². The Balaban J connectivity index is 2.18. The average Bonchev–Trinajstić information content (AvgIpc) is 2.60. The minimum atomic E-state index is -4.59. The number of aromatic nitrogens is 1. The van der Waals surface area contributed by atoms with Crippen LogP contribution < -0.4 is 15.6 Å². The van der Waals surface area contributed by atoms with E-state index in [1.807, 2.05) is 13.8 Å². The summed E-state index contributed by atoms with van der Waals surface area (Å²) >= 11 is 0. The average molecular weight is 382 g/mol. The van der Waals surface area contributed by atoms with Gasteiger partial charge in [0.25, 0.3) is 5.56 Å². The van der Waals surface area contributed by atoms with Gasteiger partial charge in [-0.2, -0.15) is 13.2 Å². The van der Waals surface area contributed by atoms with Gasteiger partial charge in [-0.15, -0.1) is 0 Å². The fraction of sp³-hybridized carbons (Fsp3) is 0.368. The molecule has 0 bridgehead atoms. The molecule has 0 aliphatic heterocycles. The molecule has 8 heteroatoms. The first-order chi connectivity index (χ1) is 12.6. The lowest BCUT2D eigenvalue weighted by Gasteiger charge is -2.23. The number of ether oxygens (including phenoxy) is 1. The predicted octanol–water partition coefficient (Wildman–Crippen LogP) is 3.39. The molecule has 0 fully saturated rings. The van der Waals surface area contributed by atoms with Gasteiger partial charge in [-0.05, 0) is 29.7 Å². The SMILES string of the molecule is COc1ccc(C(NC(=O)Cn2cc(C(F)(F)F)ccc2=O)C(C)C)cc1. The molecule has 1 amide bonds. The second kappa shape index (κ2) is 8.28. The van der Waals surface area contributed by atoms with E-state index in [4.69, 9.17) is 4.74 Å². The molecule has 146 valence electrons. The van der Waals surface area contributed by atoms with Crippen molar-refractivity contribution in [1.29, 1.82) is 0 Å². The Bertz CT molecular complexity index is 843. The predicted molar refractivity (Wildman–Crippen MR) is 94.4 cm³/mol. The second-order valence-corrected chi connectivity index (χ2v) is 6.44. The van der Waals surface area contributed by atoms with Crippen molar-refractivity contribution < 1.29 is 22.7 Å². The third-order valence-electron chi connectivity index (χ3n) is 4.08. The Kier molecular flexibility index (Phi) is 6.30. The summed E-state index contributed by atoms with van der Waals surface area (Å²) in [6.07, 6.45) is -3.94. The fourth-order valence-electron chi connectivity index (χ4n) is 2.64. The Morgan fingerprint density at radius 1 is 1.15 bits per heavy atom. The Labute approximate surface area is 154 Å². The Morgan fingerprint density at radius 3 is 2.30 bits per heavy atom. The monoisotopic (exact) mass is 382 g/mol. The summed E-state index contributed by atoms with van der Waals surface area (Å²) in [5, 5.41) is 2.78. The third-order valence-corrected chi connectivity index (χ3v) is 4.08. The molecule has 0 saturated heterocycles. The van der Waals surface area contributed by atoms with Gasteiger partial charge in [0, 0.05) is 12.3 Å². The van der Waals surface area contributed by atoms with Crippen LogP contribution in [0.3, 0.4) is 0 Å². The van der Waals surface area contributed by atoms with Gasteiger partial charge in [-0.1, -0.05) is 26.0 Å². The topological polar surface area (TPSA) is 60.3 Å². The number of hydrogen-bond acceptors (Lipinski definition) is 3. The first-order valence-corrected chi connectivity index (χ1v) is 8.33. The highest BCUT2D eigenvalue weighted by Crippen LogP contribution is 2.28. The number of halogens is 3. The number of pyridine rings is 1. The van der Waals surface area contributed by atoms with Crippen LogP contribution in [0, 0.1) is 5.92 Å². The first kappa shape index (κ1) is 20.5. The number of benzene rings is 1. The fourth-order valence-corrected chi connectivity index (χ4v) is 2.64. The molecule has 1 unspecified atom stereocenters. The van der Waals surface area contributed by atoms with Crippen LogP contribution >= 0.6 is 0 Å². The Morgan fingerprint density at radius 2 is 1.78 bits per heavy atom. The van der Waals surface area contributed by atoms with Gasteiger partial charge in [0.15, 0.2) is 0 Å². The summed E-state index contributed by atoms with van der Waals surface area (Å²) in [6, 6.07) is 8.28. The molecular formula is C19H21F3N2O3. The molecule has 1 N–H and O–H groups in total. The molecule has 1 atom stereocenters. The van der Waals surface area contributed by atoms with E-state index in [2.05, 4.69) is 5.32 Å². The van der Waals surface area contributed by atoms with Crippen molar-refractivity contribution in [3.05, 3.63) is 64.1 Å². The minimum Gasteiger partial charge on any atom is -0.497 e. The molecule has 0 radical (unpaired) electrons. The van der Waals surface area contributed by atoms with Crippen LogP contribution in [0.1, 0.15) is 31.0 Å². The molecule has 0 aliphatic rings. The zero-order valence-electron chi connectivity index (χ0n) is 15.2. The molecule has 1 aromatic heterocycles. The van der Waals surface area contributed by atoms with Gasteiger partial charge in [0.1, 0.15) is 12.3 Å². The Hall–Kier alpha value is -2.77. The quantitative estimate of drug-likeness (QED) is 0.833. The van der Waals surface area contributed by atoms with Crippen LogP contribution in [0.4, 0.5) is 13.2 Å². The minimum absolute atomic E-state index is 0.0283. The number of nitrogens with one attached hydrogen (secondary N) is 1. The number of carbonyl (C=O) groups is 1. The van der Waals surface area contributed by atoms with Crippen LogP contribution in [0.15, 0.2) is 47.4 Å². The number of carbonyl (C=O) groups excluding carboxylic acids is 1. The van der Waals surface area contributed by atoms with E-state index < -0.39 is 29.8 Å². The van der Waals surface area contributed by atoms with Crippen LogP contribution in [0.25, 0.3) is 0 Å². The number of hydrogen-bond donors (Lipinski definition) is 1. The smallest absolute Gasteiger partial charge is 0.417 e. The van der Waals surface area contributed by atoms with E-state index in [1.54, 1.807) is 31.4 Å². The summed E-state index contributed by atoms with van der Waals surface area (Å²) < 4.78 is 44.3. The van der Waals surface area contributed by atoms with Crippen LogP contribution in [-0.2, 0) is 17.5 Å². The van der Waals surface area contributed by atoms with Gasteiger partial charge >= 0.3 is 6.18 Å². The number of methoxy groups -OCH3 is 1. The molecule has 1 heterocycles. The largest absolute Gasteiger partial charge is 0.497 e. The van der Waals surface area contributed by atoms with E-state index in [-0.39, 0.29) is 12.0 Å². The summed E-state index contributed by atoms with van der Waals surface area (Å²) in [7, 11) is 1.55. The maximum Gasteiger partial charge on any atom is 0.417 e. The summed E-state index contributed by atoms with van der Waals surface area (Å²) in [5.74, 6) is 0.148. The lowest BCUT2D eigenvalue weighted by Crippen LogP contribution is -2.36. The molecule has 1 aromatic carbocycles. The molecule has 27 heavy (non-hydrogen) atoms. The van der Waals surface area contributed by atoms with Crippen LogP contribution in [0.2, 0.25) is 0 Å². The highest BCUT2D eigenvalue weighted by atomic mass is 19.4. The highest BCUT2D eigenvalue weighted by Gasteiger charge is 2.31. The number of nitrogens with zero attached hydrogens (tertiary/aromatic N) is 1. The van der Waals surface area contributed by atoms with Crippen molar-refractivity contribution >= 4 is 5.91 Å². The van der Waals surface area contributed by atoms with Gasteiger partial charge in [0.05, 0.1) is 18.7 Å². The lowest BCUT2D eigenvalue weighted by molar-refractivity contribution is -0.138. The van der Waals surface area contributed by atoms with Crippen molar-refractivity contribution in [2.75, 3.05) is 7.11 Å². The zero-order valence-corrected chi connectivity index (χ0v) is 15.2.